The molecular weight excluding hydrogens is 406 g/mol. The van der Waals surface area contributed by atoms with Gasteiger partial charge in [0.15, 0.2) is 0 Å². The molecule has 0 saturated heterocycles. The third kappa shape index (κ3) is 3.98. The molecule has 1 unspecified atom stereocenters. The van der Waals surface area contributed by atoms with Crippen LogP contribution in [-0.2, 0) is 0 Å². The highest BCUT2D eigenvalue weighted by atomic mass is 16.5. The number of hydrogen-bond acceptors (Lipinski definition) is 3. The van der Waals surface area contributed by atoms with Crippen molar-refractivity contribution in [1.29, 1.82) is 0 Å². The average Bonchev–Trinajstić information content (AvgIpc) is 3.21. The van der Waals surface area contributed by atoms with E-state index in [-0.39, 0.29) is 5.92 Å². The number of nitrogens with zero attached hydrogens (tertiary/aromatic N) is 1. The number of likely N-dealkylation sites (N-methyl/N-ethyl adjacent to an activating group) is 1. The lowest BCUT2D eigenvalue weighted by molar-refractivity contribution is 0.223. The van der Waals surface area contributed by atoms with Crippen LogP contribution in [-0.4, -0.2) is 38.3 Å². The third-order valence-corrected chi connectivity index (χ3v) is 6.90. The maximum absolute atomic E-state index is 6.04. The van der Waals surface area contributed by atoms with Gasteiger partial charge in [0.2, 0.25) is 0 Å². The van der Waals surface area contributed by atoms with E-state index in [2.05, 4.69) is 97.6 Å². The highest BCUT2D eigenvalue weighted by Crippen LogP contribution is 2.51. The molecule has 4 aromatic rings. The van der Waals surface area contributed by atoms with Gasteiger partial charge in [0.1, 0.15) is 18.1 Å². The highest BCUT2D eigenvalue weighted by molar-refractivity contribution is 5.97. The van der Waals surface area contributed by atoms with Crippen molar-refractivity contribution in [3.63, 3.8) is 0 Å². The smallest absolute Gasteiger partial charge is 0.119 e. The topological polar surface area (TPSA) is 21.7 Å². The normalized spacial score (nSPS) is 14.4. The Hall–Kier alpha value is -3.30. The van der Waals surface area contributed by atoms with Gasteiger partial charge < -0.3 is 14.4 Å². The van der Waals surface area contributed by atoms with Crippen LogP contribution >= 0.6 is 0 Å². The van der Waals surface area contributed by atoms with Crippen LogP contribution in [0.2, 0.25) is 0 Å². The van der Waals surface area contributed by atoms with Crippen LogP contribution in [0.25, 0.3) is 21.9 Å². The van der Waals surface area contributed by atoms with Gasteiger partial charge in [-0.25, -0.2) is 0 Å². The van der Waals surface area contributed by atoms with Gasteiger partial charge in [-0.05, 0) is 75.9 Å². The molecule has 0 fully saturated rings. The third-order valence-electron chi connectivity index (χ3n) is 6.90. The molecule has 5 rings (SSSR count). The molecule has 0 bridgehead atoms. The minimum Gasteiger partial charge on any atom is -0.497 e. The fourth-order valence-corrected chi connectivity index (χ4v) is 5.08. The Morgan fingerprint density at radius 3 is 2.27 bits per heavy atom. The molecule has 0 spiro atoms. The monoisotopic (exact) mass is 437 g/mol. The Bertz CT molecular complexity index is 1260. The molecule has 4 aromatic carbocycles. The van der Waals surface area contributed by atoms with Crippen molar-refractivity contribution in [3.05, 3.63) is 95.6 Å². The minimum atomic E-state index is 0.168. The molecule has 0 saturated carbocycles. The molecule has 0 N–H and O–H groups in total. The van der Waals surface area contributed by atoms with E-state index in [0.717, 1.165) is 31.1 Å². The van der Waals surface area contributed by atoms with Crippen molar-refractivity contribution < 1.29 is 9.47 Å². The second kappa shape index (κ2) is 9.29. The van der Waals surface area contributed by atoms with Crippen LogP contribution in [0, 0.1) is 0 Å². The van der Waals surface area contributed by atoms with Gasteiger partial charge in [0.05, 0.1) is 7.11 Å². The maximum atomic E-state index is 6.04. The standard InChI is InChI=1S/C30H31NO2/c1-4-31(5-2)18-19-33-23-13-10-22(11-14-23)29-28-20-24(32-3)15-17-26(28)27-16-12-21-8-6-7-9-25(21)30(27)29/h6-17,20,29H,4-5,18-19H2,1-3H3. The summed E-state index contributed by atoms with van der Waals surface area (Å²) in [6.45, 7) is 8.14. The van der Waals surface area contributed by atoms with Gasteiger partial charge >= 0.3 is 0 Å². The fraction of sp³-hybridized carbons (Fsp3) is 0.267. The lowest BCUT2D eigenvalue weighted by Crippen LogP contribution is -2.27. The van der Waals surface area contributed by atoms with Crippen molar-refractivity contribution in [3.8, 4) is 22.6 Å². The van der Waals surface area contributed by atoms with Gasteiger partial charge in [-0.2, -0.15) is 0 Å². The molecular formula is C30H31NO2. The Labute approximate surface area is 196 Å². The predicted molar refractivity (Wildman–Crippen MR) is 137 cm³/mol. The van der Waals surface area contributed by atoms with Gasteiger partial charge in [0, 0.05) is 12.5 Å². The summed E-state index contributed by atoms with van der Waals surface area (Å²) in [5, 5.41) is 2.59. The number of fused-ring (bicyclic) bond motifs is 5. The molecule has 3 heteroatoms. The lowest BCUT2D eigenvalue weighted by atomic mass is 9.86. The first-order chi connectivity index (χ1) is 16.2. The van der Waals surface area contributed by atoms with Crippen molar-refractivity contribution in [2.24, 2.45) is 0 Å². The van der Waals surface area contributed by atoms with Crippen molar-refractivity contribution >= 4 is 10.8 Å². The van der Waals surface area contributed by atoms with E-state index in [1.807, 2.05) is 0 Å². The van der Waals surface area contributed by atoms with Crippen LogP contribution in [0.1, 0.15) is 36.5 Å². The number of benzene rings is 4. The molecule has 0 aliphatic heterocycles. The summed E-state index contributed by atoms with van der Waals surface area (Å²) >= 11 is 0. The van der Waals surface area contributed by atoms with Crippen LogP contribution in [0.4, 0.5) is 0 Å². The molecule has 168 valence electrons. The number of hydrogen-bond donors (Lipinski definition) is 0. The van der Waals surface area contributed by atoms with Gasteiger partial charge in [-0.1, -0.05) is 68.4 Å². The molecule has 0 heterocycles. The first-order valence-corrected chi connectivity index (χ1v) is 11.9. The van der Waals surface area contributed by atoms with E-state index in [0.29, 0.717) is 6.61 Å². The molecule has 33 heavy (non-hydrogen) atoms. The summed E-state index contributed by atoms with van der Waals surface area (Å²) in [7, 11) is 1.73. The van der Waals surface area contributed by atoms with Gasteiger partial charge in [-0.15, -0.1) is 0 Å². The first-order valence-electron chi connectivity index (χ1n) is 11.9. The second-order valence-electron chi connectivity index (χ2n) is 8.58. The predicted octanol–water partition coefficient (Wildman–Crippen LogP) is 6.73. The van der Waals surface area contributed by atoms with E-state index >= 15 is 0 Å². The van der Waals surface area contributed by atoms with Crippen LogP contribution in [0.15, 0.2) is 78.9 Å². The molecule has 1 aliphatic carbocycles. The largest absolute Gasteiger partial charge is 0.497 e. The van der Waals surface area contributed by atoms with Gasteiger partial charge in [-0.3, -0.25) is 0 Å². The van der Waals surface area contributed by atoms with Crippen LogP contribution in [0.5, 0.6) is 11.5 Å². The van der Waals surface area contributed by atoms with Crippen molar-refractivity contribution in [2.75, 3.05) is 33.4 Å². The Balaban J connectivity index is 1.52. The van der Waals surface area contributed by atoms with E-state index in [1.54, 1.807) is 7.11 Å². The van der Waals surface area contributed by atoms with Crippen molar-refractivity contribution in [2.45, 2.75) is 19.8 Å². The van der Waals surface area contributed by atoms with Crippen LogP contribution < -0.4 is 9.47 Å². The molecule has 1 atom stereocenters. The zero-order chi connectivity index (χ0) is 22.8. The summed E-state index contributed by atoms with van der Waals surface area (Å²) in [4.78, 5) is 2.37. The van der Waals surface area contributed by atoms with E-state index < -0.39 is 0 Å². The number of ether oxygens (including phenoxy) is 2. The summed E-state index contributed by atoms with van der Waals surface area (Å²) < 4.78 is 11.6. The van der Waals surface area contributed by atoms with Crippen molar-refractivity contribution in [1.82, 2.24) is 4.90 Å². The summed E-state index contributed by atoms with van der Waals surface area (Å²) in [6.07, 6.45) is 0. The molecule has 0 aromatic heterocycles. The lowest BCUT2D eigenvalue weighted by Gasteiger charge is -2.19. The quantitative estimate of drug-likeness (QED) is 0.269. The van der Waals surface area contributed by atoms with Crippen LogP contribution in [0.3, 0.4) is 0 Å². The zero-order valence-electron chi connectivity index (χ0n) is 19.7. The Morgan fingerprint density at radius 1 is 0.788 bits per heavy atom. The maximum Gasteiger partial charge on any atom is 0.119 e. The van der Waals surface area contributed by atoms with Gasteiger partial charge in [0.25, 0.3) is 0 Å². The fourth-order valence-electron chi connectivity index (χ4n) is 5.08. The molecule has 0 amide bonds. The number of methoxy groups -OCH3 is 1. The second-order valence-corrected chi connectivity index (χ2v) is 8.58. The molecule has 0 radical (unpaired) electrons. The summed E-state index contributed by atoms with van der Waals surface area (Å²) in [5.74, 6) is 1.99. The summed E-state index contributed by atoms with van der Waals surface area (Å²) in [5.41, 5.74) is 6.56. The van der Waals surface area contributed by atoms with E-state index in [1.165, 1.54) is 38.6 Å². The molecule has 1 aliphatic rings. The summed E-state index contributed by atoms with van der Waals surface area (Å²) in [6, 6.07) is 28.3. The van der Waals surface area contributed by atoms with E-state index in [4.69, 9.17) is 9.47 Å². The SMILES string of the molecule is CCN(CC)CCOc1ccc(C2c3cc(OC)ccc3-c3ccc4ccccc4c32)cc1. The van der Waals surface area contributed by atoms with E-state index in [9.17, 15) is 0 Å². The minimum absolute atomic E-state index is 0.168. The highest BCUT2D eigenvalue weighted by Gasteiger charge is 2.32. The average molecular weight is 438 g/mol. The molecule has 3 nitrogen and oxygen atoms in total. The number of rotatable bonds is 8. The first kappa shape index (κ1) is 21.5. The zero-order valence-corrected chi connectivity index (χ0v) is 19.7. The Morgan fingerprint density at radius 2 is 1.52 bits per heavy atom. The Kier molecular flexibility index (Phi) is 6.06.